The molecule has 1 aliphatic rings. The van der Waals surface area contributed by atoms with Crippen molar-refractivity contribution < 1.29 is 9.50 Å². The quantitative estimate of drug-likeness (QED) is 0.762. The summed E-state index contributed by atoms with van der Waals surface area (Å²) in [5, 5.41) is 10.0. The van der Waals surface area contributed by atoms with Crippen molar-refractivity contribution in [1.82, 2.24) is 0 Å². The zero-order valence-electron chi connectivity index (χ0n) is 8.19. The Morgan fingerprint density at radius 1 is 1.43 bits per heavy atom. The molecule has 1 nitrogen and oxygen atoms in total. The van der Waals surface area contributed by atoms with Crippen molar-refractivity contribution in [3.63, 3.8) is 0 Å². The van der Waals surface area contributed by atoms with Crippen molar-refractivity contribution in [2.75, 3.05) is 0 Å². The topological polar surface area (TPSA) is 20.2 Å². The van der Waals surface area contributed by atoms with E-state index in [1.165, 1.54) is 0 Å². The fourth-order valence-electron chi connectivity index (χ4n) is 1.76. The lowest BCUT2D eigenvalue weighted by atomic mass is 9.97. The van der Waals surface area contributed by atoms with Crippen molar-refractivity contribution in [3.8, 4) is 0 Å². The smallest absolute Gasteiger partial charge is 0.148 e. The standard InChI is InChI=1S/C11H12ClFO/c1-6-5-8(12)10(13)9(7(6)2)11(14)3-4-11/h5,14H,3-4H2,1-2H3. The molecular formula is C11H12ClFO. The molecule has 0 saturated heterocycles. The molecule has 1 aromatic carbocycles. The van der Waals surface area contributed by atoms with Crippen molar-refractivity contribution in [3.05, 3.63) is 33.6 Å². The Morgan fingerprint density at radius 2 is 2.00 bits per heavy atom. The molecule has 76 valence electrons. The summed E-state index contributed by atoms with van der Waals surface area (Å²) in [7, 11) is 0. The first-order chi connectivity index (χ1) is 6.46. The van der Waals surface area contributed by atoms with Crippen LogP contribution in [0.5, 0.6) is 0 Å². The molecule has 0 atom stereocenters. The Hall–Kier alpha value is -0.600. The molecule has 0 heterocycles. The van der Waals surface area contributed by atoms with E-state index in [0.29, 0.717) is 18.4 Å². The van der Waals surface area contributed by atoms with Gasteiger partial charge in [-0.2, -0.15) is 0 Å². The summed E-state index contributed by atoms with van der Waals surface area (Å²) in [4.78, 5) is 0. The van der Waals surface area contributed by atoms with Crippen LogP contribution in [-0.2, 0) is 5.60 Å². The zero-order valence-corrected chi connectivity index (χ0v) is 8.95. The number of benzene rings is 1. The number of rotatable bonds is 1. The third-order valence-corrected chi connectivity index (χ3v) is 3.20. The molecule has 0 bridgehead atoms. The van der Waals surface area contributed by atoms with Gasteiger partial charge in [0, 0.05) is 5.56 Å². The van der Waals surface area contributed by atoms with Crippen molar-refractivity contribution in [1.29, 1.82) is 0 Å². The van der Waals surface area contributed by atoms with Gasteiger partial charge in [-0.15, -0.1) is 0 Å². The van der Waals surface area contributed by atoms with E-state index in [4.69, 9.17) is 11.6 Å². The second-order valence-corrected chi connectivity index (χ2v) is 4.43. The predicted molar refractivity (Wildman–Crippen MR) is 54.0 cm³/mol. The Labute approximate surface area is 87.5 Å². The SMILES string of the molecule is Cc1cc(Cl)c(F)c(C2(O)CC2)c1C. The summed E-state index contributed by atoms with van der Waals surface area (Å²) in [6.45, 7) is 3.69. The fourth-order valence-corrected chi connectivity index (χ4v) is 2.02. The van der Waals surface area contributed by atoms with E-state index in [2.05, 4.69) is 0 Å². The summed E-state index contributed by atoms with van der Waals surface area (Å²) in [6.07, 6.45) is 1.26. The minimum atomic E-state index is -0.955. The van der Waals surface area contributed by atoms with Crippen molar-refractivity contribution in [2.45, 2.75) is 32.3 Å². The maximum Gasteiger partial charge on any atom is 0.148 e. The average molecular weight is 215 g/mol. The molecule has 0 aromatic heterocycles. The van der Waals surface area contributed by atoms with Crippen LogP contribution in [0.4, 0.5) is 4.39 Å². The molecule has 0 aliphatic heterocycles. The van der Waals surface area contributed by atoms with Crippen LogP contribution in [0.25, 0.3) is 0 Å². The van der Waals surface area contributed by atoms with Gasteiger partial charge in [-0.3, -0.25) is 0 Å². The number of aliphatic hydroxyl groups is 1. The number of hydrogen-bond donors (Lipinski definition) is 1. The third-order valence-electron chi connectivity index (χ3n) is 2.93. The second-order valence-electron chi connectivity index (χ2n) is 4.02. The van der Waals surface area contributed by atoms with Crippen molar-refractivity contribution in [2.24, 2.45) is 0 Å². The summed E-state index contributed by atoms with van der Waals surface area (Å²) < 4.78 is 13.7. The van der Waals surface area contributed by atoms with E-state index in [0.717, 1.165) is 11.1 Å². The monoisotopic (exact) mass is 214 g/mol. The number of hydrogen-bond acceptors (Lipinski definition) is 1. The van der Waals surface area contributed by atoms with E-state index < -0.39 is 11.4 Å². The summed E-state index contributed by atoms with van der Waals surface area (Å²) >= 11 is 5.74. The molecule has 3 heteroatoms. The van der Waals surface area contributed by atoms with Crippen LogP contribution in [0.3, 0.4) is 0 Å². The Bertz CT molecular complexity index is 371. The van der Waals surface area contributed by atoms with Crippen LogP contribution < -0.4 is 0 Å². The van der Waals surface area contributed by atoms with Crippen molar-refractivity contribution >= 4 is 11.6 Å². The van der Waals surface area contributed by atoms with E-state index in [-0.39, 0.29) is 5.02 Å². The molecule has 1 aromatic rings. The minimum Gasteiger partial charge on any atom is -0.385 e. The van der Waals surface area contributed by atoms with Crippen LogP contribution in [0.1, 0.15) is 29.5 Å². The largest absolute Gasteiger partial charge is 0.385 e. The fraction of sp³-hybridized carbons (Fsp3) is 0.455. The van der Waals surface area contributed by atoms with Gasteiger partial charge in [-0.1, -0.05) is 11.6 Å². The minimum absolute atomic E-state index is 0.100. The predicted octanol–water partition coefficient (Wildman–Crippen LogP) is 3.08. The maximum atomic E-state index is 13.7. The first-order valence-corrected chi connectivity index (χ1v) is 5.01. The van der Waals surface area contributed by atoms with Gasteiger partial charge in [-0.25, -0.2) is 4.39 Å². The molecule has 1 fully saturated rings. The molecular weight excluding hydrogens is 203 g/mol. The second kappa shape index (κ2) is 2.94. The highest BCUT2D eigenvalue weighted by Gasteiger charge is 2.45. The molecule has 2 rings (SSSR count). The first-order valence-electron chi connectivity index (χ1n) is 4.64. The van der Waals surface area contributed by atoms with Gasteiger partial charge in [0.15, 0.2) is 0 Å². The lowest BCUT2D eigenvalue weighted by molar-refractivity contribution is 0.146. The number of halogens is 2. The van der Waals surface area contributed by atoms with Gasteiger partial charge in [0.25, 0.3) is 0 Å². The van der Waals surface area contributed by atoms with Gasteiger partial charge in [0.2, 0.25) is 0 Å². The normalized spacial score (nSPS) is 18.4. The average Bonchev–Trinajstić information content (AvgIpc) is 2.81. The summed E-state index contributed by atoms with van der Waals surface area (Å²) in [5.41, 5.74) is 1.17. The third kappa shape index (κ3) is 1.33. The highest BCUT2D eigenvalue weighted by Crippen LogP contribution is 2.49. The molecule has 0 radical (unpaired) electrons. The highest BCUT2D eigenvalue weighted by molar-refractivity contribution is 6.30. The van der Waals surface area contributed by atoms with Gasteiger partial charge in [0.05, 0.1) is 10.6 Å². The molecule has 1 aliphatic carbocycles. The van der Waals surface area contributed by atoms with Gasteiger partial charge >= 0.3 is 0 Å². The Kier molecular flexibility index (Phi) is 2.09. The first kappa shape index (κ1) is 9.94. The van der Waals surface area contributed by atoms with Crippen LogP contribution in [-0.4, -0.2) is 5.11 Å². The van der Waals surface area contributed by atoms with Crippen LogP contribution >= 0.6 is 11.6 Å². The maximum absolute atomic E-state index is 13.7. The van der Waals surface area contributed by atoms with Gasteiger partial charge in [0.1, 0.15) is 5.82 Å². The number of aryl methyl sites for hydroxylation is 1. The Morgan fingerprint density at radius 3 is 2.50 bits per heavy atom. The molecule has 0 amide bonds. The van der Waals surface area contributed by atoms with E-state index in [1.54, 1.807) is 6.07 Å². The molecule has 1 saturated carbocycles. The van der Waals surface area contributed by atoms with E-state index in [1.807, 2.05) is 13.8 Å². The summed E-state index contributed by atoms with van der Waals surface area (Å²) in [5.74, 6) is -0.463. The van der Waals surface area contributed by atoms with E-state index >= 15 is 0 Å². The zero-order chi connectivity index (χ0) is 10.5. The van der Waals surface area contributed by atoms with Gasteiger partial charge < -0.3 is 5.11 Å². The van der Waals surface area contributed by atoms with Crippen LogP contribution in [0.15, 0.2) is 6.07 Å². The highest BCUT2D eigenvalue weighted by atomic mass is 35.5. The van der Waals surface area contributed by atoms with Crippen LogP contribution in [0.2, 0.25) is 5.02 Å². The Balaban J connectivity index is 2.68. The lowest BCUT2D eigenvalue weighted by Crippen LogP contribution is -2.11. The molecule has 14 heavy (non-hydrogen) atoms. The molecule has 0 unspecified atom stereocenters. The molecule has 0 spiro atoms. The van der Waals surface area contributed by atoms with Gasteiger partial charge in [-0.05, 0) is 43.9 Å². The molecule has 1 N–H and O–H groups in total. The van der Waals surface area contributed by atoms with E-state index in [9.17, 15) is 9.50 Å². The summed E-state index contributed by atoms with van der Waals surface area (Å²) in [6, 6.07) is 1.60. The van der Waals surface area contributed by atoms with Crippen LogP contribution in [0, 0.1) is 19.7 Å². The lowest BCUT2D eigenvalue weighted by Gasteiger charge is -2.16.